The zero-order chi connectivity index (χ0) is 18.2. The summed E-state index contributed by atoms with van der Waals surface area (Å²) in [5, 5.41) is 3.91. The zero-order valence-corrected chi connectivity index (χ0v) is 15.8. The molecule has 130 valence electrons. The number of hydrazine groups is 1. The number of carbonyl (C=O) groups is 1. The van der Waals surface area contributed by atoms with E-state index in [1.165, 1.54) is 16.9 Å². The van der Waals surface area contributed by atoms with Gasteiger partial charge < -0.3 is 5.32 Å². The Kier molecular flexibility index (Phi) is 4.69. The second kappa shape index (κ2) is 6.63. The zero-order valence-electron chi connectivity index (χ0n) is 14.2. The number of anilines is 2. The molecule has 2 aromatic carbocycles. The van der Waals surface area contributed by atoms with Crippen LogP contribution in [0.3, 0.4) is 0 Å². The third-order valence-corrected chi connectivity index (χ3v) is 5.06. The summed E-state index contributed by atoms with van der Waals surface area (Å²) in [6, 6.07) is 11.1. The van der Waals surface area contributed by atoms with E-state index in [0.717, 1.165) is 4.70 Å². The molecular weight excluding hydrogens is 356 g/mol. The van der Waals surface area contributed by atoms with Crippen LogP contribution in [0.5, 0.6) is 0 Å². The fourth-order valence-corrected chi connectivity index (χ4v) is 3.61. The van der Waals surface area contributed by atoms with Crippen molar-refractivity contribution in [3.05, 3.63) is 52.5 Å². The molecule has 1 heterocycles. The largest absolute Gasteiger partial charge is 0.322 e. The monoisotopic (exact) mass is 374 g/mol. The Balaban J connectivity index is 1.84. The van der Waals surface area contributed by atoms with Gasteiger partial charge in [-0.2, -0.15) is 0 Å². The smallest absolute Gasteiger partial charge is 0.255 e. The van der Waals surface area contributed by atoms with Crippen LogP contribution in [0.2, 0.25) is 5.02 Å². The molecule has 0 aliphatic rings. The molecular formula is C18H19ClN4OS. The van der Waals surface area contributed by atoms with Crippen LogP contribution in [0.4, 0.5) is 10.8 Å². The standard InChI is InChI=1S/C18H19ClN4OS/c1-18(2,3)11-6-4-10(5-7-11)16(24)21-12-8-13(19)15-14(9-12)25-17(22-15)23-20/h4-9H,20H2,1-3H3,(H,21,24)(H,22,23). The number of nitrogens with one attached hydrogen (secondary N) is 2. The summed E-state index contributed by atoms with van der Waals surface area (Å²) in [7, 11) is 0. The van der Waals surface area contributed by atoms with Gasteiger partial charge in [-0.3, -0.25) is 10.2 Å². The van der Waals surface area contributed by atoms with Crippen LogP contribution in [0.1, 0.15) is 36.7 Å². The van der Waals surface area contributed by atoms with Crippen molar-refractivity contribution < 1.29 is 4.79 Å². The highest BCUT2D eigenvalue weighted by molar-refractivity contribution is 7.22. The number of nitrogens with zero attached hydrogens (tertiary/aromatic N) is 1. The van der Waals surface area contributed by atoms with Crippen molar-refractivity contribution in [3.8, 4) is 0 Å². The van der Waals surface area contributed by atoms with E-state index in [9.17, 15) is 4.79 Å². The molecule has 25 heavy (non-hydrogen) atoms. The Morgan fingerprint density at radius 1 is 1.20 bits per heavy atom. The first-order valence-corrected chi connectivity index (χ1v) is 8.96. The number of hydrogen-bond donors (Lipinski definition) is 3. The van der Waals surface area contributed by atoms with E-state index < -0.39 is 0 Å². The first-order chi connectivity index (χ1) is 11.8. The molecule has 4 N–H and O–H groups in total. The van der Waals surface area contributed by atoms with E-state index in [-0.39, 0.29) is 11.3 Å². The van der Waals surface area contributed by atoms with Gasteiger partial charge in [0, 0.05) is 11.3 Å². The van der Waals surface area contributed by atoms with Crippen molar-refractivity contribution in [2.24, 2.45) is 5.84 Å². The van der Waals surface area contributed by atoms with Crippen LogP contribution in [-0.2, 0) is 5.41 Å². The van der Waals surface area contributed by atoms with Crippen LogP contribution in [0.25, 0.3) is 10.2 Å². The Bertz CT molecular complexity index is 929. The highest BCUT2D eigenvalue weighted by Gasteiger charge is 2.15. The van der Waals surface area contributed by atoms with Crippen molar-refractivity contribution >= 4 is 49.9 Å². The van der Waals surface area contributed by atoms with Crippen molar-refractivity contribution in [2.45, 2.75) is 26.2 Å². The Morgan fingerprint density at radius 3 is 2.48 bits per heavy atom. The average molecular weight is 375 g/mol. The summed E-state index contributed by atoms with van der Waals surface area (Å²) in [4.78, 5) is 16.8. The minimum Gasteiger partial charge on any atom is -0.322 e. The minimum atomic E-state index is -0.183. The SMILES string of the molecule is CC(C)(C)c1ccc(C(=O)Nc2cc(Cl)c3nc(NN)sc3c2)cc1. The van der Waals surface area contributed by atoms with Crippen molar-refractivity contribution in [3.63, 3.8) is 0 Å². The lowest BCUT2D eigenvalue weighted by Gasteiger charge is -2.19. The van der Waals surface area contributed by atoms with E-state index in [2.05, 4.69) is 36.5 Å². The number of halogens is 1. The summed E-state index contributed by atoms with van der Waals surface area (Å²) in [6.45, 7) is 6.41. The Morgan fingerprint density at radius 2 is 1.88 bits per heavy atom. The predicted octanol–water partition coefficient (Wildman–Crippen LogP) is 4.79. The lowest BCUT2D eigenvalue weighted by Crippen LogP contribution is -2.14. The number of benzene rings is 2. The van der Waals surface area contributed by atoms with E-state index in [4.69, 9.17) is 17.4 Å². The molecule has 0 unspecified atom stereocenters. The van der Waals surface area contributed by atoms with Crippen LogP contribution < -0.4 is 16.6 Å². The Hall–Kier alpha value is -2.15. The average Bonchev–Trinajstić information content (AvgIpc) is 2.98. The van der Waals surface area contributed by atoms with E-state index in [1.807, 2.05) is 30.3 Å². The number of thiazole rings is 1. The second-order valence-corrected chi connectivity index (χ2v) is 8.19. The normalized spacial score (nSPS) is 11.6. The molecule has 0 radical (unpaired) electrons. The van der Waals surface area contributed by atoms with Crippen molar-refractivity contribution in [1.29, 1.82) is 0 Å². The summed E-state index contributed by atoms with van der Waals surface area (Å²) >= 11 is 7.63. The van der Waals surface area contributed by atoms with E-state index >= 15 is 0 Å². The van der Waals surface area contributed by atoms with E-state index in [1.54, 1.807) is 6.07 Å². The number of nitrogens with two attached hydrogens (primary N) is 1. The topological polar surface area (TPSA) is 80.0 Å². The molecule has 0 atom stereocenters. The van der Waals surface area contributed by atoms with Gasteiger partial charge in [0.15, 0.2) is 5.13 Å². The second-order valence-electron chi connectivity index (χ2n) is 6.75. The highest BCUT2D eigenvalue weighted by Crippen LogP contribution is 2.33. The maximum Gasteiger partial charge on any atom is 0.255 e. The number of rotatable bonds is 3. The van der Waals surface area contributed by atoms with Crippen LogP contribution >= 0.6 is 22.9 Å². The van der Waals surface area contributed by atoms with Gasteiger partial charge in [0.2, 0.25) is 0 Å². The van der Waals surface area contributed by atoms with Gasteiger partial charge in [-0.05, 0) is 35.2 Å². The number of amides is 1. The van der Waals surface area contributed by atoms with Crippen LogP contribution in [-0.4, -0.2) is 10.9 Å². The fraction of sp³-hybridized carbons (Fsp3) is 0.222. The third-order valence-electron chi connectivity index (χ3n) is 3.84. The molecule has 0 spiro atoms. The lowest BCUT2D eigenvalue weighted by molar-refractivity contribution is 0.102. The van der Waals surface area contributed by atoms with E-state index in [0.29, 0.717) is 26.9 Å². The summed E-state index contributed by atoms with van der Waals surface area (Å²) in [6.07, 6.45) is 0. The number of carbonyl (C=O) groups excluding carboxylic acids is 1. The Labute approximate surface area is 155 Å². The number of aromatic nitrogens is 1. The summed E-state index contributed by atoms with van der Waals surface area (Å²) in [5.74, 6) is 5.20. The molecule has 0 saturated carbocycles. The molecule has 0 saturated heterocycles. The first-order valence-electron chi connectivity index (χ1n) is 7.76. The van der Waals surface area contributed by atoms with Gasteiger partial charge in [0.1, 0.15) is 5.52 Å². The van der Waals surface area contributed by atoms with Crippen molar-refractivity contribution in [1.82, 2.24) is 4.98 Å². The molecule has 5 nitrogen and oxygen atoms in total. The molecule has 0 bridgehead atoms. The number of nitrogen functional groups attached to an aromatic ring is 1. The molecule has 0 aliphatic carbocycles. The van der Waals surface area contributed by atoms with Crippen LogP contribution in [0, 0.1) is 0 Å². The molecule has 7 heteroatoms. The lowest BCUT2D eigenvalue weighted by atomic mass is 9.87. The van der Waals surface area contributed by atoms with Gasteiger partial charge in [0.05, 0.1) is 9.72 Å². The highest BCUT2D eigenvalue weighted by atomic mass is 35.5. The molecule has 1 aromatic heterocycles. The summed E-state index contributed by atoms with van der Waals surface area (Å²) < 4.78 is 0.846. The summed E-state index contributed by atoms with van der Waals surface area (Å²) in [5.41, 5.74) is 5.61. The molecule has 0 fully saturated rings. The van der Waals surface area contributed by atoms with Gasteiger partial charge >= 0.3 is 0 Å². The number of hydrogen-bond acceptors (Lipinski definition) is 5. The minimum absolute atomic E-state index is 0.0501. The first kappa shape index (κ1) is 17.7. The molecule has 3 aromatic rings. The number of fused-ring (bicyclic) bond motifs is 1. The predicted molar refractivity (Wildman–Crippen MR) is 106 cm³/mol. The van der Waals surface area contributed by atoms with Gasteiger partial charge in [-0.15, -0.1) is 0 Å². The quantitative estimate of drug-likeness (QED) is 0.455. The van der Waals surface area contributed by atoms with Gasteiger partial charge in [0.25, 0.3) is 5.91 Å². The molecule has 1 amide bonds. The molecule has 3 rings (SSSR count). The maximum absolute atomic E-state index is 12.5. The maximum atomic E-state index is 12.5. The van der Waals surface area contributed by atoms with Gasteiger partial charge in [-0.1, -0.05) is 55.8 Å². The molecule has 0 aliphatic heterocycles. The van der Waals surface area contributed by atoms with Crippen LogP contribution in [0.15, 0.2) is 36.4 Å². The van der Waals surface area contributed by atoms with Crippen molar-refractivity contribution in [2.75, 3.05) is 10.7 Å². The van der Waals surface area contributed by atoms with Gasteiger partial charge in [-0.25, -0.2) is 10.8 Å². The fourth-order valence-electron chi connectivity index (χ4n) is 2.45. The third kappa shape index (κ3) is 3.76.